The van der Waals surface area contributed by atoms with Crippen molar-refractivity contribution in [1.82, 2.24) is 5.32 Å². The third-order valence-corrected chi connectivity index (χ3v) is 12.8. The summed E-state index contributed by atoms with van der Waals surface area (Å²) in [5.74, 6) is -0.120. The Labute approximate surface area is 366 Å². The van der Waals surface area contributed by atoms with Gasteiger partial charge in [-0.1, -0.05) is 194 Å². The van der Waals surface area contributed by atoms with Crippen LogP contribution in [-0.4, -0.2) is 108 Å². The van der Waals surface area contributed by atoms with E-state index in [1.54, 1.807) is 13.8 Å². The summed E-state index contributed by atoms with van der Waals surface area (Å²) in [5.41, 5.74) is 0. The van der Waals surface area contributed by atoms with Crippen molar-refractivity contribution in [3.05, 3.63) is 0 Å². The monoisotopic (exact) mass is 842 g/mol. The fourth-order valence-corrected chi connectivity index (χ4v) is 8.72. The van der Waals surface area contributed by atoms with Crippen LogP contribution >= 0.6 is 0 Å². The van der Waals surface area contributed by atoms with Gasteiger partial charge in [-0.3, -0.25) is 14.1 Å². The molecule has 0 aromatic heterocycles. The molecule has 0 heterocycles. The maximum atomic E-state index is 12.5. The zero-order valence-electron chi connectivity index (χ0n) is 40.3. The van der Waals surface area contributed by atoms with Crippen molar-refractivity contribution >= 4 is 11.9 Å². The van der Waals surface area contributed by atoms with Crippen LogP contribution in [-0.2, 0) is 14.3 Å². The molecule has 0 fully saturated rings. The van der Waals surface area contributed by atoms with Crippen LogP contribution in [0.2, 0.25) is 0 Å². The third-order valence-electron chi connectivity index (χ3n) is 12.8. The lowest BCUT2D eigenvalue weighted by atomic mass is 10.0. The van der Waals surface area contributed by atoms with Gasteiger partial charge in [0.1, 0.15) is 26.2 Å². The van der Waals surface area contributed by atoms with Gasteiger partial charge in [0, 0.05) is 39.7 Å². The number of ether oxygens (including phenoxy) is 1. The van der Waals surface area contributed by atoms with E-state index < -0.39 is 18.6 Å². The number of aliphatic hydroxyl groups excluding tert-OH is 3. The Morgan fingerprint density at radius 2 is 0.847 bits per heavy atom. The molecule has 0 saturated carbocycles. The van der Waals surface area contributed by atoms with E-state index in [9.17, 15) is 24.9 Å². The van der Waals surface area contributed by atoms with Gasteiger partial charge in [-0.2, -0.15) is 0 Å². The first kappa shape index (κ1) is 57.7. The Bertz CT molecular complexity index is 938. The van der Waals surface area contributed by atoms with Crippen LogP contribution in [0, 0.1) is 0 Å². The van der Waals surface area contributed by atoms with Gasteiger partial charge >= 0.3 is 5.97 Å². The summed E-state index contributed by atoms with van der Waals surface area (Å²) in [6.07, 6.45) is 38.0. The molecule has 0 aromatic rings. The Hall–Kier alpha value is -1.26. The number of rotatable bonds is 45. The minimum Gasteiger partial charge on any atom is -0.460 e. The highest BCUT2D eigenvalue weighted by Crippen LogP contribution is 2.20. The normalized spacial score (nSPS) is 14.5. The molecule has 0 radical (unpaired) electrons. The summed E-state index contributed by atoms with van der Waals surface area (Å²) in [7, 11) is 4.11. The number of aliphatic hydroxyl groups is 3. The number of nitrogens with zero attached hydrogens (tertiary/aromatic N) is 2. The Kier molecular flexibility index (Phi) is 38.7. The Balaban J connectivity index is 4.15. The third kappa shape index (κ3) is 35.0. The molecule has 0 spiro atoms. The number of unbranched alkanes of at least 4 members (excludes halogenated alkanes) is 28. The molecule has 3 atom stereocenters. The number of carbonyl (C=O) groups excluding carboxylic acids is 2. The van der Waals surface area contributed by atoms with Crippen LogP contribution in [0.5, 0.6) is 0 Å². The highest BCUT2D eigenvalue weighted by Gasteiger charge is 2.41. The Morgan fingerprint density at radius 1 is 0.492 bits per heavy atom. The number of amides is 1. The molecule has 0 aliphatic heterocycles. The second-order valence-electron chi connectivity index (χ2n) is 19.1. The molecule has 9 heteroatoms. The summed E-state index contributed by atoms with van der Waals surface area (Å²) in [6.45, 7) is 10.1. The van der Waals surface area contributed by atoms with Crippen LogP contribution in [0.15, 0.2) is 0 Å². The van der Waals surface area contributed by atoms with Crippen LogP contribution in [0.1, 0.15) is 240 Å². The first-order valence-electron chi connectivity index (χ1n) is 25.5. The maximum Gasteiger partial charge on any atom is 0.305 e. The van der Waals surface area contributed by atoms with Crippen molar-refractivity contribution in [2.24, 2.45) is 0 Å². The van der Waals surface area contributed by atoms with Gasteiger partial charge < -0.3 is 29.9 Å². The topological polar surface area (TPSA) is 116 Å². The fourth-order valence-electron chi connectivity index (χ4n) is 8.72. The lowest BCUT2D eigenvalue weighted by molar-refractivity contribution is -1.01. The van der Waals surface area contributed by atoms with Gasteiger partial charge in [0.05, 0.1) is 20.6 Å². The van der Waals surface area contributed by atoms with Gasteiger partial charge in [0.15, 0.2) is 18.6 Å². The molecule has 0 aliphatic rings. The van der Waals surface area contributed by atoms with Crippen molar-refractivity contribution in [2.45, 2.75) is 258 Å². The van der Waals surface area contributed by atoms with E-state index in [0.717, 1.165) is 45.1 Å². The number of quaternary nitrogens is 2. The van der Waals surface area contributed by atoms with E-state index in [-0.39, 0.29) is 36.1 Å². The van der Waals surface area contributed by atoms with Crippen LogP contribution in [0.25, 0.3) is 0 Å². The molecule has 0 bridgehead atoms. The highest BCUT2D eigenvalue weighted by atomic mass is 16.5. The largest absolute Gasteiger partial charge is 0.460 e. The SMILES string of the molecule is CCCCCCCCCCCCCCCCCC(=O)NCCC[N+](C)(C)CC(O)C[N+](CCOC(=O)CCCCCCCCCCCCCCCCC)(C(C)O)C(C)O. The molecular weight excluding hydrogens is 739 g/mol. The number of hydrogen-bond acceptors (Lipinski definition) is 6. The average molecular weight is 842 g/mol. The molecule has 1 amide bonds. The first-order valence-corrected chi connectivity index (χ1v) is 25.5. The van der Waals surface area contributed by atoms with E-state index in [4.69, 9.17) is 4.74 Å². The lowest BCUT2D eigenvalue weighted by Gasteiger charge is -2.44. The van der Waals surface area contributed by atoms with Crippen molar-refractivity contribution in [1.29, 1.82) is 0 Å². The number of carbonyl (C=O) groups is 2. The van der Waals surface area contributed by atoms with Gasteiger partial charge in [-0.25, -0.2) is 0 Å². The smallest absolute Gasteiger partial charge is 0.305 e. The van der Waals surface area contributed by atoms with Gasteiger partial charge in [-0.05, 0) is 12.8 Å². The fraction of sp³-hybridized carbons (Fsp3) is 0.960. The van der Waals surface area contributed by atoms with Gasteiger partial charge in [0.2, 0.25) is 5.91 Å². The number of esters is 1. The zero-order valence-corrected chi connectivity index (χ0v) is 40.3. The zero-order chi connectivity index (χ0) is 43.9. The predicted octanol–water partition coefficient (Wildman–Crippen LogP) is 11.5. The van der Waals surface area contributed by atoms with E-state index in [2.05, 4.69) is 33.3 Å². The van der Waals surface area contributed by atoms with Gasteiger partial charge in [-0.15, -0.1) is 0 Å². The molecule has 3 unspecified atom stereocenters. The molecule has 4 N–H and O–H groups in total. The number of likely N-dealkylation sites (N-methyl/N-ethyl adjacent to an activating group) is 1. The molecule has 0 saturated heterocycles. The molecule has 0 aliphatic carbocycles. The van der Waals surface area contributed by atoms with Crippen LogP contribution in [0.4, 0.5) is 0 Å². The standard InChI is InChI=1S/C50H102N3O6/c1-7-9-11-13-15-17-19-21-23-25-27-29-31-33-35-38-49(57)51-40-37-41-52(5,6)44-48(56)45-53(46(3)54,47(4)55)42-43-59-50(58)39-36-34-32-30-28-26-24-22-20-18-16-14-12-10-8-2/h46-48,54-56H,7-45H2,1-6H3/q+1/p+1. The summed E-state index contributed by atoms with van der Waals surface area (Å²) in [5, 5.41) is 35.9. The predicted molar refractivity (Wildman–Crippen MR) is 249 cm³/mol. The van der Waals surface area contributed by atoms with Crippen LogP contribution < -0.4 is 5.32 Å². The molecule has 9 nitrogen and oxygen atoms in total. The molecule has 352 valence electrons. The van der Waals surface area contributed by atoms with Crippen LogP contribution in [0.3, 0.4) is 0 Å². The average Bonchev–Trinajstić information content (AvgIpc) is 3.18. The molecule has 0 rings (SSSR count). The van der Waals surface area contributed by atoms with Crippen molar-refractivity contribution in [2.75, 3.05) is 53.4 Å². The number of hydrogen-bond donors (Lipinski definition) is 4. The second-order valence-corrected chi connectivity index (χ2v) is 19.1. The summed E-state index contributed by atoms with van der Waals surface area (Å²) in [4.78, 5) is 24.9. The highest BCUT2D eigenvalue weighted by molar-refractivity contribution is 5.75. The van der Waals surface area contributed by atoms with Crippen molar-refractivity contribution in [3.63, 3.8) is 0 Å². The first-order chi connectivity index (χ1) is 28.4. The van der Waals surface area contributed by atoms with E-state index in [0.29, 0.717) is 30.4 Å². The van der Waals surface area contributed by atoms with Crippen molar-refractivity contribution in [3.8, 4) is 0 Å². The summed E-state index contributed by atoms with van der Waals surface area (Å²) in [6, 6.07) is 0. The summed E-state index contributed by atoms with van der Waals surface area (Å²) < 4.78 is 5.94. The summed E-state index contributed by atoms with van der Waals surface area (Å²) >= 11 is 0. The molecule has 59 heavy (non-hydrogen) atoms. The number of nitrogens with one attached hydrogen (secondary N) is 1. The lowest BCUT2D eigenvalue weighted by Crippen LogP contribution is -2.65. The van der Waals surface area contributed by atoms with Crippen molar-refractivity contribution < 1.29 is 38.6 Å². The minimum atomic E-state index is -0.950. The molecule has 0 aromatic carbocycles. The van der Waals surface area contributed by atoms with E-state index in [1.807, 2.05) is 0 Å². The molecular formula is C50H103N3O6+2. The maximum absolute atomic E-state index is 12.5. The minimum absolute atomic E-state index is 0.0808. The van der Waals surface area contributed by atoms with E-state index >= 15 is 0 Å². The van der Waals surface area contributed by atoms with Gasteiger partial charge in [0.25, 0.3) is 0 Å². The Morgan fingerprint density at radius 3 is 1.22 bits per heavy atom. The quantitative estimate of drug-likeness (QED) is 0.0210. The second kappa shape index (κ2) is 39.6. The van der Waals surface area contributed by atoms with E-state index in [1.165, 1.54) is 161 Å².